The molecule has 0 saturated carbocycles. The number of nitrogens with one attached hydrogen (secondary N) is 1. The summed E-state index contributed by atoms with van der Waals surface area (Å²) < 4.78 is 1.05. The second-order valence-electron chi connectivity index (χ2n) is 4.63. The molecule has 1 heterocycles. The smallest absolute Gasteiger partial charge is 0.231 e. The molecule has 0 aliphatic carbocycles. The normalized spacial score (nSPS) is 12.0. The van der Waals surface area contributed by atoms with Crippen LogP contribution in [0.15, 0.2) is 28.7 Å². The summed E-state index contributed by atoms with van der Waals surface area (Å²) in [5.41, 5.74) is 6.83. The van der Waals surface area contributed by atoms with E-state index in [0.717, 1.165) is 10.0 Å². The van der Waals surface area contributed by atoms with Gasteiger partial charge in [-0.05, 0) is 24.6 Å². The summed E-state index contributed by atoms with van der Waals surface area (Å²) in [6.45, 7) is 2.04. The molecule has 0 amide bonds. The third kappa shape index (κ3) is 3.57. The molecule has 6 nitrogen and oxygen atoms in total. The Kier molecular flexibility index (Phi) is 4.39. The summed E-state index contributed by atoms with van der Waals surface area (Å²) in [5, 5.41) is 3.23. The van der Waals surface area contributed by atoms with Gasteiger partial charge in [0.25, 0.3) is 0 Å². The average Bonchev–Trinajstić information content (AvgIpc) is 2.38. The van der Waals surface area contributed by atoms with Gasteiger partial charge in [0.15, 0.2) is 0 Å². The molecule has 0 spiro atoms. The van der Waals surface area contributed by atoms with E-state index in [4.69, 9.17) is 5.73 Å². The average molecular weight is 337 g/mol. The molecule has 2 rings (SSSR count). The molecule has 1 atom stereocenters. The first-order valence-corrected chi connectivity index (χ1v) is 6.96. The molecule has 0 fully saturated rings. The lowest BCUT2D eigenvalue weighted by atomic mass is 10.1. The van der Waals surface area contributed by atoms with Crippen molar-refractivity contribution in [1.29, 1.82) is 0 Å². The summed E-state index contributed by atoms with van der Waals surface area (Å²) in [4.78, 5) is 14.3. The highest BCUT2D eigenvalue weighted by atomic mass is 79.9. The minimum absolute atomic E-state index is 0.0694. The second kappa shape index (κ2) is 6.04. The molecule has 3 N–H and O–H groups in total. The third-order valence-corrected chi connectivity index (χ3v) is 3.29. The number of anilines is 3. The third-order valence-electron chi connectivity index (χ3n) is 2.76. The van der Waals surface area contributed by atoms with Gasteiger partial charge in [0, 0.05) is 18.6 Å². The number of halogens is 1. The molecule has 1 aromatic heterocycles. The minimum atomic E-state index is 0.0694. The standard InChI is InChI=1S/C13H17BrN6/c1-8(9-4-6-10(14)7-5-9)16-12-17-11(15)18-13(19-12)20(2)3/h4-8H,1-3H3,(H3,15,16,17,18,19). The Bertz CT molecular complexity index is 584. The van der Waals surface area contributed by atoms with E-state index in [1.54, 1.807) is 4.90 Å². The highest BCUT2D eigenvalue weighted by molar-refractivity contribution is 9.10. The Hall–Kier alpha value is -1.89. The van der Waals surface area contributed by atoms with Crippen LogP contribution in [-0.2, 0) is 0 Å². The van der Waals surface area contributed by atoms with E-state index < -0.39 is 0 Å². The van der Waals surface area contributed by atoms with Gasteiger partial charge in [0.1, 0.15) is 0 Å². The number of aromatic nitrogens is 3. The fourth-order valence-electron chi connectivity index (χ4n) is 1.67. The molecule has 20 heavy (non-hydrogen) atoms. The van der Waals surface area contributed by atoms with Gasteiger partial charge in [-0.2, -0.15) is 15.0 Å². The van der Waals surface area contributed by atoms with Gasteiger partial charge in [-0.1, -0.05) is 28.1 Å². The van der Waals surface area contributed by atoms with Gasteiger partial charge < -0.3 is 16.0 Å². The van der Waals surface area contributed by atoms with E-state index in [1.165, 1.54) is 0 Å². The first kappa shape index (κ1) is 14.5. The van der Waals surface area contributed by atoms with Gasteiger partial charge in [0.2, 0.25) is 17.8 Å². The molecule has 106 valence electrons. The maximum Gasteiger partial charge on any atom is 0.231 e. The molecular weight excluding hydrogens is 320 g/mol. The van der Waals surface area contributed by atoms with Crippen molar-refractivity contribution in [1.82, 2.24) is 15.0 Å². The summed E-state index contributed by atoms with van der Waals surface area (Å²) in [6.07, 6.45) is 0. The number of nitrogen functional groups attached to an aromatic ring is 1. The van der Waals surface area contributed by atoms with Crippen LogP contribution >= 0.6 is 15.9 Å². The van der Waals surface area contributed by atoms with Crippen LogP contribution in [0.1, 0.15) is 18.5 Å². The van der Waals surface area contributed by atoms with Crippen molar-refractivity contribution < 1.29 is 0 Å². The van der Waals surface area contributed by atoms with E-state index in [9.17, 15) is 0 Å². The van der Waals surface area contributed by atoms with Crippen LogP contribution in [0.25, 0.3) is 0 Å². The summed E-state index contributed by atoms with van der Waals surface area (Å²) in [6, 6.07) is 8.15. The molecular formula is C13H17BrN6. The predicted molar refractivity (Wildman–Crippen MR) is 84.7 cm³/mol. The monoisotopic (exact) mass is 336 g/mol. The van der Waals surface area contributed by atoms with Gasteiger partial charge in [-0.25, -0.2) is 0 Å². The minimum Gasteiger partial charge on any atom is -0.368 e. The van der Waals surface area contributed by atoms with Crippen molar-refractivity contribution in [3.63, 3.8) is 0 Å². The van der Waals surface area contributed by atoms with Gasteiger partial charge in [-0.3, -0.25) is 0 Å². The molecule has 0 aliphatic heterocycles. The van der Waals surface area contributed by atoms with E-state index in [2.05, 4.69) is 36.2 Å². The lowest BCUT2D eigenvalue weighted by Crippen LogP contribution is -2.17. The highest BCUT2D eigenvalue weighted by Gasteiger charge is 2.10. The Morgan fingerprint density at radius 2 is 1.80 bits per heavy atom. The van der Waals surface area contributed by atoms with E-state index >= 15 is 0 Å². The van der Waals surface area contributed by atoms with E-state index in [-0.39, 0.29) is 12.0 Å². The first-order chi connectivity index (χ1) is 9.45. The van der Waals surface area contributed by atoms with Crippen LogP contribution in [0.5, 0.6) is 0 Å². The van der Waals surface area contributed by atoms with E-state index in [1.807, 2.05) is 45.3 Å². The van der Waals surface area contributed by atoms with Crippen LogP contribution in [-0.4, -0.2) is 29.0 Å². The van der Waals surface area contributed by atoms with Crippen molar-refractivity contribution in [2.45, 2.75) is 13.0 Å². The van der Waals surface area contributed by atoms with Gasteiger partial charge in [0.05, 0.1) is 6.04 Å². The number of nitrogens with two attached hydrogens (primary N) is 1. The maximum absolute atomic E-state index is 5.70. The van der Waals surface area contributed by atoms with Crippen LogP contribution in [0.3, 0.4) is 0 Å². The predicted octanol–water partition coefficient (Wildman–Crippen LogP) is 2.46. The Balaban J connectivity index is 2.18. The van der Waals surface area contributed by atoms with Crippen molar-refractivity contribution in [3.8, 4) is 0 Å². The molecule has 2 aromatic rings. The first-order valence-electron chi connectivity index (χ1n) is 6.16. The van der Waals surface area contributed by atoms with Crippen molar-refractivity contribution in [2.75, 3.05) is 30.0 Å². The number of hydrogen-bond donors (Lipinski definition) is 2. The molecule has 1 aromatic carbocycles. The largest absolute Gasteiger partial charge is 0.368 e. The molecule has 1 unspecified atom stereocenters. The van der Waals surface area contributed by atoms with Crippen molar-refractivity contribution in [3.05, 3.63) is 34.3 Å². The molecule has 7 heteroatoms. The van der Waals surface area contributed by atoms with Gasteiger partial charge >= 0.3 is 0 Å². The van der Waals surface area contributed by atoms with Crippen LogP contribution < -0.4 is 16.0 Å². The SMILES string of the molecule is CC(Nc1nc(N)nc(N(C)C)n1)c1ccc(Br)cc1. The number of hydrogen-bond acceptors (Lipinski definition) is 6. The van der Waals surface area contributed by atoms with Gasteiger partial charge in [-0.15, -0.1) is 0 Å². The van der Waals surface area contributed by atoms with Crippen molar-refractivity contribution >= 4 is 33.8 Å². The van der Waals surface area contributed by atoms with Crippen LogP contribution in [0.4, 0.5) is 17.8 Å². The summed E-state index contributed by atoms with van der Waals surface area (Å²) >= 11 is 3.42. The number of benzene rings is 1. The summed E-state index contributed by atoms with van der Waals surface area (Å²) in [5.74, 6) is 1.20. The second-order valence-corrected chi connectivity index (χ2v) is 5.54. The molecule has 0 bridgehead atoms. The quantitative estimate of drug-likeness (QED) is 0.892. The molecule has 0 aliphatic rings. The zero-order chi connectivity index (χ0) is 14.7. The molecule has 0 saturated heterocycles. The lowest BCUT2D eigenvalue weighted by Gasteiger charge is -2.16. The highest BCUT2D eigenvalue weighted by Crippen LogP contribution is 2.20. The topological polar surface area (TPSA) is 80.0 Å². The van der Waals surface area contributed by atoms with Crippen LogP contribution in [0, 0.1) is 0 Å². The number of nitrogens with zero attached hydrogens (tertiary/aromatic N) is 4. The fraction of sp³-hybridized carbons (Fsp3) is 0.308. The zero-order valence-corrected chi connectivity index (χ0v) is 13.2. The van der Waals surface area contributed by atoms with Crippen molar-refractivity contribution in [2.24, 2.45) is 0 Å². The Morgan fingerprint density at radius 1 is 1.15 bits per heavy atom. The number of rotatable bonds is 4. The maximum atomic E-state index is 5.70. The zero-order valence-electron chi connectivity index (χ0n) is 11.6. The molecule has 0 radical (unpaired) electrons. The Morgan fingerprint density at radius 3 is 2.40 bits per heavy atom. The van der Waals surface area contributed by atoms with E-state index in [0.29, 0.717) is 11.9 Å². The Labute approximate surface area is 126 Å². The van der Waals surface area contributed by atoms with Crippen LogP contribution in [0.2, 0.25) is 0 Å². The summed E-state index contributed by atoms with van der Waals surface area (Å²) in [7, 11) is 3.72. The lowest BCUT2D eigenvalue weighted by molar-refractivity contribution is 0.849. The fourth-order valence-corrected chi connectivity index (χ4v) is 1.94.